The van der Waals surface area contributed by atoms with E-state index in [0.717, 1.165) is 35.4 Å². The number of aromatic nitrogens is 2. The Labute approximate surface area is 122 Å². The van der Waals surface area contributed by atoms with E-state index in [1.54, 1.807) is 11.3 Å². The van der Waals surface area contributed by atoms with Gasteiger partial charge in [0.25, 0.3) is 0 Å². The monoisotopic (exact) mass is 292 g/mol. The largest absolute Gasteiger partial charge is 0.360 e. The zero-order valence-corrected chi connectivity index (χ0v) is 12.9. The molecule has 2 aromatic heterocycles. The van der Waals surface area contributed by atoms with Crippen LogP contribution in [0.1, 0.15) is 30.2 Å². The molecule has 0 saturated heterocycles. The van der Waals surface area contributed by atoms with Gasteiger partial charge in [-0.2, -0.15) is 0 Å². The first-order chi connectivity index (χ1) is 9.63. The van der Waals surface area contributed by atoms with Crippen molar-refractivity contribution in [1.82, 2.24) is 15.3 Å². The van der Waals surface area contributed by atoms with E-state index >= 15 is 0 Å². The molecule has 0 aliphatic rings. The Kier molecular flexibility index (Phi) is 4.89. The van der Waals surface area contributed by atoms with Crippen LogP contribution in [-0.4, -0.2) is 29.0 Å². The minimum Gasteiger partial charge on any atom is -0.360 e. The molecule has 0 aromatic carbocycles. The number of nitrogens with zero attached hydrogens (tertiary/aromatic N) is 2. The molecule has 0 aliphatic heterocycles. The third-order valence-corrected chi connectivity index (χ3v) is 4.35. The van der Waals surface area contributed by atoms with Crippen molar-refractivity contribution in [3.05, 3.63) is 16.8 Å². The zero-order valence-electron chi connectivity index (χ0n) is 12.1. The molecule has 2 heterocycles. The number of carbonyl (C=O) groups is 1. The van der Waals surface area contributed by atoms with E-state index in [4.69, 9.17) is 0 Å². The molecule has 0 atom stereocenters. The van der Waals surface area contributed by atoms with Crippen molar-refractivity contribution in [1.29, 1.82) is 0 Å². The summed E-state index contributed by atoms with van der Waals surface area (Å²) in [7, 11) is 0. The number of carbonyl (C=O) groups excluding carboxylic acids is 1. The van der Waals surface area contributed by atoms with Gasteiger partial charge in [0.15, 0.2) is 0 Å². The Bertz CT molecular complexity index is 608. The lowest BCUT2D eigenvalue weighted by Crippen LogP contribution is -2.30. The number of aryl methyl sites for hydroxylation is 2. The molecule has 0 aliphatic carbocycles. The smallest absolute Gasteiger partial charge is 0.239 e. The average Bonchev–Trinajstić information content (AvgIpc) is 2.73. The predicted molar refractivity (Wildman–Crippen MR) is 83.3 cm³/mol. The summed E-state index contributed by atoms with van der Waals surface area (Å²) < 4.78 is 0. The van der Waals surface area contributed by atoms with Crippen LogP contribution in [0.15, 0.2) is 6.33 Å². The number of thiophene rings is 1. The Morgan fingerprint density at radius 3 is 2.90 bits per heavy atom. The van der Waals surface area contributed by atoms with E-state index < -0.39 is 0 Å². The first kappa shape index (κ1) is 14.7. The van der Waals surface area contributed by atoms with Gasteiger partial charge in [-0.3, -0.25) is 4.79 Å². The van der Waals surface area contributed by atoms with Crippen LogP contribution in [0.3, 0.4) is 0 Å². The van der Waals surface area contributed by atoms with Crippen LogP contribution in [0.4, 0.5) is 5.82 Å². The van der Waals surface area contributed by atoms with E-state index in [0.29, 0.717) is 0 Å². The van der Waals surface area contributed by atoms with Gasteiger partial charge in [0.2, 0.25) is 5.91 Å². The molecule has 0 radical (unpaired) electrons. The van der Waals surface area contributed by atoms with Gasteiger partial charge in [-0.05, 0) is 25.8 Å². The number of nitrogens with one attached hydrogen (secondary N) is 2. The van der Waals surface area contributed by atoms with Crippen molar-refractivity contribution in [3.8, 4) is 0 Å². The maximum Gasteiger partial charge on any atom is 0.239 e. The molecule has 0 spiro atoms. The Morgan fingerprint density at radius 2 is 2.15 bits per heavy atom. The average molecular weight is 292 g/mol. The summed E-state index contributed by atoms with van der Waals surface area (Å²) in [4.78, 5) is 22.4. The molecule has 2 rings (SSSR count). The minimum absolute atomic E-state index is 0.00480. The van der Waals surface area contributed by atoms with Crippen molar-refractivity contribution in [2.24, 2.45) is 0 Å². The summed E-state index contributed by atoms with van der Waals surface area (Å²) in [6, 6.07) is 0. The normalized spacial score (nSPS) is 10.8. The minimum atomic E-state index is -0.00480. The molecule has 6 heteroatoms. The fraction of sp³-hybridized carbons (Fsp3) is 0.500. The lowest BCUT2D eigenvalue weighted by atomic mass is 10.2. The number of unbranched alkanes of at least 4 members (excludes halogenated alkanes) is 1. The Balaban J connectivity index is 2.05. The number of amides is 1. The maximum absolute atomic E-state index is 11.7. The molecule has 20 heavy (non-hydrogen) atoms. The van der Waals surface area contributed by atoms with Gasteiger partial charge >= 0.3 is 0 Å². The highest BCUT2D eigenvalue weighted by atomic mass is 32.1. The van der Waals surface area contributed by atoms with Gasteiger partial charge in [-0.25, -0.2) is 9.97 Å². The van der Waals surface area contributed by atoms with Crippen LogP contribution in [0.25, 0.3) is 10.2 Å². The highest BCUT2D eigenvalue weighted by Gasteiger charge is 2.12. The quantitative estimate of drug-likeness (QED) is 0.803. The molecule has 2 N–H and O–H groups in total. The number of hydrogen-bond acceptors (Lipinski definition) is 5. The summed E-state index contributed by atoms with van der Waals surface area (Å²) in [5.74, 6) is 0.734. The third kappa shape index (κ3) is 3.25. The van der Waals surface area contributed by atoms with E-state index in [9.17, 15) is 4.79 Å². The van der Waals surface area contributed by atoms with Crippen LogP contribution < -0.4 is 10.6 Å². The molecule has 1 amide bonds. The van der Waals surface area contributed by atoms with E-state index in [1.807, 2.05) is 0 Å². The number of rotatable bonds is 6. The highest BCUT2D eigenvalue weighted by molar-refractivity contribution is 7.18. The van der Waals surface area contributed by atoms with Crippen molar-refractivity contribution < 1.29 is 4.79 Å². The van der Waals surface area contributed by atoms with Gasteiger partial charge in [-0.15, -0.1) is 11.3 Å². The van der Waals surface area contributed by atoms with Gasteiger partial charge in [-0.1, -0.05) is 13.3 Å². The Morgan fingerprint density at radius 1 is 1.35 bits per heavy atom. The van der Waals surface area contributed by atoms with E-state index in [1.165, 1.54) is 16.8 Å². The topological polar surface area (TPSA) is 66.9 Å². The van der Waals surface area contributed by atoms with Crippen molar-refractivity contribution in [3.63, 3.8) is 0 Å². The highest BCUT2D eigenvalue weighted by Crippen LogP contribution is 2.32. The molecule has 0 unspecified atom stereocenters. The summed E-state index contributed by atoms with van der Waals surface area (Å²) in [6.07, 6.45) is 3.62. The van der Waals surface area contributed by atoms with Crippen molar-refractivity contribution in [2.45, 2.75) is 33.6 Å². The molecular weight excluding hydrogens is 272 g/mol. The molecule has 0 saturated carbocycles. The number of anilines is 1. The summed E-state index contributed by atoms with van der Waals surface area (Å²) in [6.45, 7) is 7.20. The van der Waals surface area contributed by atoms with Crippen molar-refractivity contribution in [2.75, 3.05) is 18.4 Å². The summed E-state index contributed by atoms with van der Waals surface area (Å²) in [5, 5.41) is 7.02. The van der Waals surface area contributed by atoms with Crippen LogP contribution in [0.2, 0.25) is 0 Å². The van der Waals surface area contributed by atoms with Crippen LogP contribution in [-0.2, 0) is 4.79 Å². The zero-order chi connectivity index (χ0) is 14.5. The fourth-order valence-corrected chi connectivity index (χ4v) is 2.94. The second kappa shape index (κ2) is 6.65. The number of hydrogen-bond donors (Lipinski definition) is 2. The van der Waals surface area contributed by atoms with E-state index in [-0.39, 0.29) is 12.5 Å². The lowest BCUT2D eigenvalue weighted by Gasteiger charge is -2.08. The molecular formula is C14H20N4OS. The molecule has 5 nitrogen and oxygen atoms in total. The van der Waals surface area contributed by atoms with Crippen LogP contribution in [0.5, 0.6) is 0 Å². The molecule has 0 bridgehead atoms. The SMILES string of the molecule is CCCCNC(=O)CNc1ncnc2sc(C)c(C)c12. The van der Waals surface area contributed by atoms with Gasteiger partial charge in [0.05, 0.1) is 11.9 Å². The van der Waals surface area contributed by atoms with Crippen LogP contribution in [0, 0.1) is 13.8 Å². The molecule has 0 fully saturated rings. The first-order valence-corrected chi connectivity index (χ1v) is 7.66. The number of fused-ring (bicyclic) bond motifs is 1. The van der Waals surface area contributed by atoms with Gasteiger partial charge < -0.3 is 10.6 Å². The third-order valence-electron chi connectivity index (χ3n) is 3.23. The Hall–Kier alpha value is -1.69. The van der Waals surface area contributed by atoms with E-state index in [2.05, 4.69) is 41.4 Å². The van der Waals surface area contributed by atoms with Crippen molar-refractivity contribution >= 4 is 33.3 Å². The van der Waals surface area contributed by atoms with Gasteiger partial charge in [0.1, 0.15) is 17.0 Å². The fourth-order valence-electron chi connectivity index (χ4n) is 1.95. The second-order valence-corrected chi connectivity index (χ2v) is 5.95. The maximum atomic E-state index is 11.7. The lowest BCUT2D eigenvalue weighted by molar-refractivity contribution is -0.119. The molecule has 2 aromatic rings. The summed E-state index contributed by atoms with van der Waals surface area (Å²) in [5.41, 5.74) is 1.18. The van der Waals surface area contributed by atoms with Crippen LogP contribution >= 0.6 is 11.3 Å². The molecule has 108 valence electrons. The second-order valence-electron chi connectivity index (χ2n) is 4.74. The van der Waals surface area contributed by atoms with Gasteiger partial charge in [0, 0.05) is 11.4 Å². The first-order valence-electron chi connectivity index (χ1n) is 6.84. The standard InChI is InChI=1S/C14H20N4OS/c1-4-5-6-15-11(19)7-16-13-12-9(2)10(3)20-14(12)18-8-17-13/h8H,4-7H2,1-3H3,(H,15,19)(H,16,17,18). The predicted octanol–water partition coefficient (Wildman–Crippen LogP) is 2.64. The summed E-state index contributed by atoms with van der Waals surface area (Å²) >= 11 is 1.65.